The van der Waals surface area contributed by atoms with Gasteiger partial charge in [0.15, 0.2) is 11.3 Å². The Labute approximate surface area is 291 Å². The number of piperazine rings is 1. The number of hydrogen-bond acceptors (Lipinski definition) is 10. The van der Waals surface area contributed by atoms with Gasteiger partial charge in [0.1, 0.15) is 18.0 Å². The van der Waals surface area contributed by atoms with E-state index < -0.39 is 17.6 Å². The summed E-state index contributed by atoms with van der Waals surface area (Å²) in [5, 5.41) is 9.35. The molecule has 0 spiro atoms. The molecule has 0 saturated carbocycles. The molecule has 1 amide bonds. The first-order chi connectivity index (χ1) is 24.6. The summed E-state index contributed by atoms with van der Waals surface area (Å²) in [6.45, 7) is 9.21. The van der Waals surface area contributed by atoms with E-state index in [1.165, 1.54) is 24.1 Å². The molecule has 3 aromatic heterocycles. The number of nitrogens with zero attached hydrogens (tertiary/aromatic N) is 8. The molecule has 1 aliphatic heterocycles. The van der Waals surface area contributed by atoms with Crippen LogP contribution >= 0.6 is 0 Å². The van der Waals surface area contributed by atoms with Gasteiger partial charge in [0.25, 0.3) is 5.91 Å². The van der Waals surface area contributed by atoms with Crippen molar-refractivity contribution in [3.05, 3.63) is 108 Å². The van der Waals surface area contributed by atoms with E-state index >= 15 is 0 Å². The summed E-state index contributed by atoms with van der Waals surface area (Å²) >= 11 is 0. The summed E-state index contributed by atoms with van der Waals surface area (Å²) in [7, 11) is 0. The zero-order chi connectivity index (χ0) is 35.5. The van der Waals surface area contributed by atoms with Crippen molar-refractivity contribution in [1.82, 2.24) is 34.4 Å². The predicted molar refractivity (Wildman–Crippen MR) is 190 cm³/mol. The minimum Gasteiger partial charge on any atom is -0.369 e. The van der Waals surface area contributed by atoms with E-state index in [4.69, 9.17) is 0 Å². The van der Waals surface area contributed by atoms with Crippen LogP contribution in [0.25, 0.3) is 17.1 Å². The minimum absolute atomic E-state index is 0.117. The molecular formula is C36H34F3N11O. The monoisotopic (exact) mass is 693 g/mol. The maximum absolute atomic E-state index is 13.2. The van der Waals surface area contributed by atoms with Crippen LogP contribution in [0.15, 0.2) is 91.5 Å². The van der Waals surface area contributed by atoms with Crippen LogP contribution in [0.4, 0.5) is 47.7 Å². The number of amides is 1. The third-order valence-corrected chi connectivity index (χ3v) is 8.70. The number of halogens is 3. The number of benzene rings is 3. The second kappa shape index (κ2) is 14.0. The highest BCUT2D eigenvalue weighted by molar-refractivity contribution is 6.04. The van der Waals surface area contributed by atoms with E-state index in [-0.39, 0.29) is 5.56 Å². The Morgan fingerprint density at radius 2 is 1.61 bits per heavy atom. The van der Waals surface area contributed by atoms with Gasteiger partial charge in [-0.1, -0.05) is 19.1 Å². The Kier molecular flexibility index (Phi) is 9.19. The van der Waals surface area contributed by atoms with Gasteiger partial charge in [0, 0.05) is 73.0 Å². The standard InChI is InChI=1S/C36H34F3N11O/c1-3-48-15-17-49(18-16-48)28-11-9-26(10-12-28)44-30-21-31(43-22-42-30)50-33-32(40-13-14-41-33)47-35(50)46-29-20-27(8-7-23(29)2)45-34(51)24-5-4-6-25(19-24)36(37,38)39/h4-14,19-22H,3,15-18H2,1-2H3,(H,45,51)(H,40,46,47)(H,42,43,44). The summed E-state index contributed by atoms with van der Waals surface area (Å²) in [4.78, 5) is 40.3. The molecular weight excluding hydrogens is 659 g/mol. The maximum atomic E-state index is 13.2. The van der Waals surface area contributed by atoms with Crippen LogP contribution in [-0.4, -0.2) is 73.0 Å². The maximum Gasteiger partial charge on any atom is 0.416 e. The van der Waals surface area contributed by atoms with Crippen LogP contribution in [0.3, 0.4) is 0 Å². The number of hydrogen-bond donors (Lipinski definition) is 3. The zero-order valence-corrected chi connectivity index (χ0v) is 27.8. The highest BCUT2D eigenvalue weighted by Gasteiger charge is 2.31. The van der Waals surface area contributed by atoms with Crippen LogP contribution in [0.5, 0.6) is 0 Å². The van der Waals surface area contributed by atoms with E-state index in [1.807, 2.05) is 19.1 Å². The van der Waals surface area contributed by atoms with Crippen molar-refractivity contribution < 1.29 is 18.0 Å². The number of aryl methyl sites for hydroxylation is 1. The average molecular weight is 694 g/mol. The average Bonchev–Trinajstić information content (AvgIpc) is 3.51. The Morgan fingerprint density at radius 1 is 0.843 bits per heavy atom. The number of likely N-dealkylation sites (N-methyl/N-ethyl adjacent to an activating group) is 1. The third kappa shape index (κ3) is 7.43. The largest absolute Gasteiger partial charge is 0.416 e. The number of nitrogens with one attached hydrogen (secondary N) is 3. The highest BCUT2D eigenvalue weighted by atomic mass is 19.4. The fourth-order valence-corrected chi connectivity index (χ4v) is 5.87. The molecule has 0 aliphatic carbocycles. The molecule has 0 bridgehead atoms. The second-order valence-corrected chi connectivity index (χ2v) is 12.0. The summed E-state index contributed by atoms with van der Waals surface area (Å²) in [6, 6.07) is 19.4. The van der Waals surface area contributed by atoms with Gasteiger partial charge in [0.2, 0.25) is 5.95 Å². The summed E-state index contributed by atoms with van der Waals surface area (Å²) in [5.41, 5.74) is 3.60. The molecule has 1 saturated heterocycles. The molecule has 12 nitrogen and oxygen atoms in total. The number of rotatable bonds is 9. The van der Waals surface area contributed by atoms with Crippen LogP contribution < -0.4 is 20.9 Å². The Hall–Kier alpha value is -6.09. The third-order valence-electron chi connectivity index (χ3n) is 8.70. The molecule has 260 valence electrons. The quantitative estimate of drug-likeness (QED) is 0.149. The van der Waals surface area contributed by atoms with Gasteiger partial charge in [-0.15, -0.1) is 0 Å². The highest BCUT2D eigenvalue weighted by Crippen LogP contribution is 2.31. The molecule has 3 aromatic carbocycles. The predicted octanol–water partition coefficient (Wildman–Crippen LogP) is 6.81. The minimum atomic E-state index is -4.57. The van der Waals surface area contributed by atoms with Crippen molar-refractivity contribution in [2.24, 2.45) is 0 Å². The molecule has 1 aliphatic rings. The van der Waals surface area contributed by atoms with Crippen molar-refractivity contribution in [3.8, 4) is 5.82 Å². The molecule has 51 heavy (non-hydrogen) atoms. The SMILES string of the molecule is CCN1CCN(c2ccc(Nc3cc(-n4c(Nc5cc(NC(=O)c6cccc(C(F)(F)F)c6)ccc5C)nc5nccnc54)ncn3)cc2)CC1. The normalized spacial score (nSPS) is 13.7. The number of imidazole rings is 1. The van der Waals surface area contributed by atoms with Gasteiger partial charge in [0.05, 0.1) is 5.56 Å². The lowest BCUT2D eigenvalue weighted by molar-refractivity contribution is -0.137. The van der Waals surface area contributed by atoms with Crippen molar-refractivity contribution in [1.29, 1.82) is 0 Å². The Morgan fingerprint density at radius 3 is 2.37 bits per heavy atom. The lowest BCUT2D eigenvalue weighted by Crippen LogP contribution is -2.46. The van der Waals surface area contributed by atoms with Crippen LogP contribution in [0, 0.1) is 6.92 Å². The van der Waals surface area contributed by atoms with Gasteiger partial charge >= 0.3 is 6.18 Å². The molecule has 15 heteroatoms. The van der Waals surface area contributed by atoms with Crippen molar-refractivity contribution in [2.75, 3.05) is 53.6 Å². The number of carbonyl (C=O) groups excluding carboxylic acids is 1. The number of anilines is 6. The lowest BCUT2D eigenvalue weighted by Gasteiger charge is -2.35. The van der Waals surface area contributed by atoms with Crippen molar-refractivity contribution >= 4 is 51.7 Å². The zero-order valence-electron chi connectivity index (χ0n) is 27.8. The lowest BCUT2D eigenvalue weighted by atomic mass is 10.1. The molecule has 0 radical (unpaired) electrons. The summed E-state index contributed by atoms with van der Waals surface area (Å²) in [6.07, 6.45) is -0.0222. The van der Waals surface area contributed by atoms with E-state index in [0.717, 1.165) is 56.1 Å². The molecule has 0 unspecified atom stereocenters. The van der Waals surface area contributed by atoms with Crippen molar-refractivity contribution in [3.63, 3.8) is 0 Å². The van der Waals surface area contributed by atoms with Gasteiger partial charge < -0.3 is 25.8 Å². The molecule has 4 heterocycles. The van der Waals surface area contributed by atoms with E-state index in [0.29, 0.717) is 40.3 Å². The van der Waals surface area contributed by atoms with E-state index in [1.54, 1.807) is 41.2 Å². The fraction of sp³-hybridized carbons (Fsp3) is 0.222. The summed E-state index contributed by atoms with van der Waals surface area (Å²) in [5.74, 6) is 0.686. The van der Waals surface area contributed by atoms with Gasteiger partial charge in [-0.25, -0.2) is 24.5 Å². The molecule has 0 atom stereocenters. The summed E-state index contributed by atoms with van der Waals surface area (Å²) < 4.78 is 41.4. The number of alkyl halides is 3. The number of aromatic nitrogens is 6. The van der Waals surface area contributed by atoms with Crippen LogP contribution in [-0.2, 0) is 6.18 Å². The smallest absolute Gasteiger partial charge is 0.369 e. The Bertz CT molecular complexity index is 2180. The molecule has 1 fully saturated rings. The second-order valence-electron chi connectivity index (χ2n) is 12.0. The van der Waals surface area contributed by atoms with Crippen LogP contribution in [0.1, 0.15) is 28.4 Å². The molecule has 6 aromatic rings. The number of carbonyl (C=O) groups is 1. The van der Waals surface area contributed by atoms with E-state index in [9.17, 15) is 18.0 Å². The van der Waals surface area contributed by atoms with Crippen molar-refractivity contribution in [2.45, 2.75) is 20.0 Å². The van der Waals surface area contributed by atoms with Crippen LogP contribution in [0.2, 0.25) is 0 Å². The number of fused-ring (bicyclic) bond motifs is 1. The molecule has 3 N–H and O–H groups in total. The Balaban J connectivity index is 1.12. The van der Waals surface area contributed by atoms with Gasteiger partial charge in [-0.3, -0.25) is 4.79 Å². The fourth-order valence-electron chi connectivity index (χ4n) is 5.87. The van der Waals surface area contributed by atoms with Gasteiger partial charge in [-0.2, -0.15) is 18.2 Å². The first kappa shape index (κ1) is 33.4. The van der Waals surface area contributed by atoms with E-state index in [2.05, 4.69) is 69.7 Å². The topological polar surface area (TPSA) is 129 Å². The first-order valence-electron chi connectivity index (χ1n) is 16.4. The molecule has 7 rings (SSSR count). The first-order valence-corrected chi connectivity index (χ1v) is 16.4. The van der Waals surface area contributed by atoms with Gasteiger partial charge in [-0.05, 0) is 73.6 Å².